The van der Waals surface area contributed by atoms with Gasteiger partial charge in [0, 0.05) is 50.4 Å². The fraction of sp³-hybridized carbons (Fsp3) is 0.407. The first-order chi connectivity index (χ1) is 18.7. The molecule has 1 aliphatic carbocycles. The van der Waals surface area contributed by atoms with Gasteiger partial charge in [-0.1, -0.05) is 12.6 Å². The first-order valence-corrected chi connectivity index (χ1v) is 12.9. The lowest BCUT2D eigenvalue weighted by molar-refractivity contribution is -0.135. The highest BCUT2D eigenvalue weighted by Gasteiger charge is 2.41. The number of nitrogens with two attached hydrogens (primary N) is 1. The van der Waals surface area contributed by atoms with Gasteiger partial charge in [-0.2, -0.15) is 5.10 Å². The topological polar surface area (TPSA) is 136 Å². The summed E-state index contributed by atoms with van der Waals surface area (Å²) in [5, 5.41) is 28.0. The third kappa shape index (κ3) is 5.49. The van der Waals surface area contributed by atoms with Gasteiger partial charge in [0.1, 0.15) is 29.2 Å². The molecule has 2 unspecified atom stereocenters. The summed E-state index contributed by atoms with van der Waals surface area (Å²) in [7, 11) is 0. The number of hydrogen-bond acceptors (Lipinski definition) is 9. The number of hydrogen-bond donors (Lipinski definition) is 3. The molecule has 4 N–H and O–H groups in total. The van der Waals surface area contributed by atoms with Gasteiger partial charge in [0.2, 0.25) is 5.91 Å². The lowest BCUT2D eigenvalue weighted by atomic mass is 9.88. The molecule has 0 bridgehead atoms. The van der Waals surface area contributed by atoms with E-state index >= 15 is 4.39 Å². The quantitative estimate of drug-likeness (QED) is 0.248. The molecule has 1 saturated carbocycles. The van der Waals surface area contributed by atoms with E-state index in [1.165, 1.54) is 23.6 Å². The van der Waals surface area contributed by atoms with Gasteiger partial charge in [-0.05, 0) is 37.5 Å². The largest absolute Gasteiger partial charge is 0.389 e. The number of piperidine rings is 1. The molecule has 0 spiro atoms. The maximum atomic E-state index is 15.1. The Hall–Kier alpha value is -3.87. The molecule has 1 aliphatic heterocycles. The molecule has 2 aromatic heterocycles. The minimum absolute atomic E-state index is 0.0359. The van der Waals surface area contributed by atoms with Gasteiger partial charge in [-0.3, -0.25) is 9.69 Å². The van der Waals surface area contributed by atoms with Crippen LogP contribution in [-0.4, -0.2) is 79.7 Å². The lowest BCUT2D eigenvalue weighted by Crippen LogP contribution is -2.58. The van der Waals surface area contributed by atoms with Crippen molar-refractivity contribution < 1.29 is 19.4 Å². The number of benzene rings is 1. The molecule has 206 valence electrons. The second-order valence-electron chi connectivity index (χ2n) is 10.3. The average Bonchev–Trinajstić information content (AvgIpc) is 3.67. The van der Waals surface area contributed by atoms with E-state index < -0.39 is 17.6 Å². The Balaban J connectivity index is 1.39. The van der Waals surface area contributed by atoms with Gasteiger partial charge >= 0.3 is 0 Å². The number of aromatic nitrogens is 3. The Morgan fingerprint density at radius 1 is 1.33 bits per heavy atom. The minimum atomic E-state index is -1.40. The zero-order valence-electron chi connectivity index (χ0n) is 21.7. The Morgan fingerprint density at radius 3 is 2.77 bits per heavy atom. The predicted octanol–water partition coefficient (Wildman–Crippen LogP) is 1.59. The summed E-state index contributed by atoms with van der Waals surface area (Å²) in [5.41, 5.74) is 5.54. The van der Waals surface area contributed by atoms with Crippen LogP contribution in [0.15, 0.2) is 54.7 Å². The Labute approximate surface area is 225 Å². The summed E-state index contributed by atoms with van der Waals surface area (Å²) >= 11 is 0. The molecule has 12 heteroatoms. The smallest absolute Gasteiger partial charge is 0.231 e. The predicted molar refractivity (Wildman–Crippen MR) is 147 cm³/mol. The molecule has 3 aromatic rings. The van der Waals surface area contributed by atoms with E-state index in [0.717, 1.165) is 18.2 Å². The van der Waals surface area contributed by atoms with Gasteiger partial charge in [0.25, 0.3) is 0 Å². The number of amides is 1. The number of carbonyl (C=O) groups is 1. The lowest BCUT2D eigenvalue weighted by Gasteiger charge is -2.42. The molecule has 0 radical (unpaired) electrons. The number of anilines is 2. The summed E-state index contributed by atoms with van der Waals surface area (Å²) < 4.78 is 16.9. The number of fused-ring (bicyclic) bond motifs is 1. The van der Waals surface area contributed by atoms with Crippen molar-refractivity contribution in [3.8, 4) is 0 Å². The standard InChI is InChI=1S/C27H33FN8O3/c1-3-36(30-2)20-5-4-18(22(28)12-20)13-35(19-6-7-19)26-21-8-10-34(25(21)31-17-32-26)16-27(39)9-11-33(14-23(27)37)15-24(29)38/h3-5,8,10,12,17,19,23,37,39H,1-2,6-7,9,11,13-16H2,(H2,29,38). The van der Waals surface area contributed by atoms with E-state index in [4.69, 9.17) is 5.73 Å². The van der Waals surface area contributed by atoms with E-state index in [1.807, 2.05) is 12.3 Å². The Bertz CT molecular complexity index is 1380. The highest BCUT2D eigenvalue weighted by molar-refractivity contribution is 5.88. The van der Waals surface area contributed by atoms with Crippen LogP contribution in [-0.2, 0) is 17.9 Å². The van der Waals surface area contributed by atoms with Crippen molar-refractivity contribution in [3.05, 3.63) is 60.9 Å². The summed E-state index contributed by atoms with van der Waals surface area (Å²) in [6.07, 6.45) is 5.90. The number of β-amino-alcohol motifs (C(OH)–C–C–N with tert-alkyl or cyclic N) is 1. The van der Waals surface area contributed by atoms with Crippen LogP contribution < -0.4 is 15.6 Å². The first kappa shape index (κ1) is 26.7. The van der Waals surface area contributed by atoms with Crippen LogP contribution in [0.5, 0.6) is 0 Å². The fourth-order valence-corrected chi connectivity index (χ4v) is 5.21. The van der Waals surface area contributed by atoms with Crippen LogP contribution in [0.3, 0.4) is 0 Å². The third-order valence-corrected chi connectivity index (χ3v) is 7.50. The van der Waals surface area contributed by atoms with Crippen LogP contribution in [0, 0.1) is 5.82 Å². The summed E-state index contributed by atoms with van der Waals surface area (Å²) in [4.78, 5) is 24.1. The van der Waals surface area contributed by atoms with Gasteiger partial charge in [-0.25, -0.2) is 19.4 Å². The minimum Gasteiger partial charge on any atom is -0.389 e. The van der Waals surface area contributed by atoms with E-state index in [0.29, 0.717) is 35.8 Å². The molecule has 3 heterocycles. The summed E-state index contributed by atoms with van der Waals surface area (Å²) in [6, 6.07) is 7.02. The highest BCUT2D eigenvalue weighted by Crippen LogP contribution is 2.37. The van der Waals surface area contributed by atoms with Crippen LogP contribution in [0.25, 0.3) is 11.0 Å². The molecule has 5 rings (SSSR count). The molecule has 1 amide bonds. The van der Waals surface area contributed by atoms with Crippen LogP contribution in [0.2, 0.25) is 0 Å². The van der Waals surface area contributed by atoms with Gasteiger partial charge in [0.05, 0.1) is 30.3 Å². The number of hydrazone groups is 1. The van der Waals surface area contributed by atoms with E-state index in [1.54, 1.807) is 21.6 Å². The number of carbonyl (C=O) groups excluding carboxylic acids is 1. The number of rotatable bonds is 11. The summed E-state index contributed by atoms with van der Waals surface area (Å²) in [6.45, 7) is 8.20. The van der Waals surface area contributed by atoms with Crippen molar-refractivity contribution in [1.29, 1.82) is 0 Å². The van der Waals surface area contributed by atoms with Crippen LogP contribution in [0.4, 0.5) is 15.9 Å². The molecule has 2 aliphatic rings. The number of likely N-dealkylation sites (tertiary alicyclic amines) is 1. The van der Waals surface area contributed by atoms with E-state index in [2.05, 4.69) is 33.3 Å². The van der Waals surface area contributed by atoms with Crippen molar-refractivity contribution in [2.75, 3.05) is 29.5 Å². The third-order valence-electron chi connectivity index (χ3n) is 7.50. The average molecular weight is 537 g/mol. The monoisotopic (exact) mass is 536 g/mol. The van der Waals surface area contributed by atoms with Crippen LogP contribution in [0.1, 0.15) is 24.8 Å². The zero-order valence-corrected chi connectivity index (χ0v) is 21.7. The zero-order chi connectivity index (χ0) is 27.7. The molecule has 11 nitrogen and oxygen atoms in total. The Morgan fingerprint density at radius 2 is 2.13 bits per heavy atom. The number of nitrogens with zero attached hydrogens (tertiary/aromatic N) is 7. The van der Waals surface area contributed by atoms with E-state index in [9.17, 15) is 15.0 Å². The molecule has 2 fully saturated rings. The van der Waals surface area contributed by atoms with Gasteiger partial charge < -0.3 is 25.4 Å². The van der Waals surface area contributed by atoms with Crippen molar-refractivity contribution in [2.45, 2.75) is 50.1 Å². The molecule has 1 aromatic carbocycles. The highest BCUT2D eigenvalue weighted by atomic mass is 19.1. The van der Waals surface area contributed by atoms with E-state index in [-0.39, 0.29) is 37.9 Å². The van der Waals surface area contributed by atoms with Gasteiger partial charge in [-0.15, -0.1) is 0 Å². The number of primary amides is 1. The first-order valence-electron chi connectivity index (χ1n) is 12.9. The van der Waals surface area contributed by atoms with Crippen molar-refractivity contribution >= 4 is 35.2 Å². The maximum Gasteiger partial charge on any atom is 0.231 e. The molecular formula is C27H33FN8O3. The molecule has 1 saturated heterocycles. The Kier molecular flexibility index (Phi) is 7.34. The number of halogens is 1. The van der Waals surface area contributed by atoms with Crippen molar-refractivity contribution in [1.82, 2.24) is 19.4 Å². The molecule has 39 heavy (non-hydrogen) atoms. The fourth-order valence-electron chi connectivity index (χ4n) is 5.21. The summed E-state index contributed by atoms with van der Waals surface area (Å²) in [5.74, 6) is -0.152. The number of aliphatic hydroxyl groups excluding tert-OH is 1. The second-order valence-corrected chi connectivity index (χ2v) is 10.3. The van der Waals surface area contributed by atoms with Crippen molar-refractivity contribution in [2.24, 2.45) is 10.8 Å². The van der Waals surface area contributed by atoms with Crippen LogP contribution >= 0.6 is 0 Å². The SMILES string of the molecule is C=CN(N=C)c1ccc(CN(c2ncnc3c2ccn3CC2(O)CCN(CC(N)=O)CC2O)C2CC2)c(F)c1. The molecular weight excluding hydrogens is 503 g/mol. The maximum absolute atomic E-state index is 15.1. The normalized spacial score (nSPS) is 21.6. The van der Waals surface area contributed by atoms with Gasteiger partial charge in [0.15, 0.2) is 0 Å². The number of aliphatic hydroxyl groups is 2. The molecule has 2 atom stereocenters. The van der Waals surface area contributed by atoms with Crippen molar-refractivity contribution in [3.63, 3.8) is 0 Å². The second kappa shape index (κ2) is 10.7.